The molecule has 0 fully saturated rings. The first-order valence-electron chi connectivity index (χ1n) is 10.4. The molecule has 2 amide bonds. The number of fused-ring (bicyclic) bond motifs is 1. The van der Waals surface area contributed by atoms with Gasteiger partial charge in [0.2, 0.25) is 5.91 Å². The highest BCUT2D eigenvalue weighted by Gasteiger charge is 2.29. The summed E-state index contributed by atoms with van der Waals surface area (Å²) in [5, 5.41) is 13.2. The molecule has 0 unspecified atom stereocenters. The molecule has 1 aromatic carbocycles. The van der Waals surface area contributed by atoms with Gasteiger partial charge in [-0.15, -0.1) is 0 Å². The standard InChI is InChI=1S/C24H27N5O3/c1-15(2)10-21(24(31)28-17(13-25)11-16-6-5-9-27-14-16)29-19-7-4-8-22(32-3)18(19)12-20(29)23(26)30/h4-9,12,14-15,17,21H,10-11H2,1-3H3,(H2,26,30)(H,28,31)/t17-,21-/m0/s1. The van der Waals surface area contributed by atoms with Crippen LogP contribution in [0.3, 0.4) is 0 Å². The van der Waals surface area contributed by atoms with Crippen molar-refractivity contribution in [3.8, 4) is 11.8 Å². The molecule has 2 aromatic heterocycles. The van der Waals surface area contributed by atoms with Crippen LogP contribution >= 0.6 is 0 Å². The third-order valence-corrected chi connectivity index (χ3v) is 5.26. The van der Waals surface area contributed by atoms with Crippen LogP contribution in [0.25, 0.3) is 10.9 Å². The lowest BCUT2D eigenvalue weighted by Gasteiger charge is -2.24. The van der Waals surface area contributed by atoms with Crippen molar-refractivity contribution in [3.63, 3.8) is 0 Å². The molecule has 0 aliphatic carbocycles. The van der Waals surface area contributed by atoms with Gasteiger partial charge < -0.3 is 20.4 Å². The Morgan fingerprint density at radius 3 is 2.66 bits per heavy atom. The molecule has 166 valence electrons. The molecule has 8 nitrogen and oxygen atoms in total. The van der Waals surface area contributed by atoms with E-state index in [1.165, 1.54) is 0 Å². The molecule has 8 heteroatoms. The first kappa shape index (κ1) is 22.8. The van der Waals surface area contributed by atoms with Crippen molar-refractivity contribution >= 4 is 22.7 Å². The number of pyridine rings is 1. The second-order valence-electron chi connectivity index (χ2n) is 8.06. The predicted octanol–water partition coefficient (Wildman–Crippen LogP) is 2.98. The molecule has 2 atom stereocenters. The monoisotopic (exact) mass is 433 g/mol. The second kappa shape index (κ2) is 9.96. The fourth-order valence-corrected chi connectivity index (χ4v) is 3.85. The third kappa shape index (κ3) is 4.89. The lowest BCUT2D eigenvalue weighted by Crippen LogP contribution is -2.41. The number of hydrogen-bond donors (Lipinski definition) is 2. The minimum absolute atomic E-state index is 0.147. The van der Waals surface area contributed by atoms with Gasteiger partial charge in [-0.25, -0.2) is 0 Å². The topological polar surface area (TPSA) is 123 Å². The van der Waals surface area contributed by atoms with Crippen molar-refractivity contribution in [2.45, 2.75) is 38.8 Å². The Hall–Kier alpha value is -3.86. The Bertz CT molecular complexity index is 1150. The van der Waals surface area contributed by atoms with Gasteiger partial charge in [-0.2, -0.15) is 5.26 Å². The quantitative estimate of drug-likeness (QED) is 0.537. The Kier molecular flexibility index (Phi) is 7.11. The Morgan fingerprint density at radius 2 is 2.06 bits per heavy atom. The van der Waals surface area contributed by atoms with Crippen molar-refractivity contribution in [1.29, 1.82) is 5.26 Å². The Morgan fingerprint density at radius 1 is 1.28 bits per heavy atom. The highest BCUT2D eigenvalue weighted by Crippen LogP contribution is 2.33. The van der Waals surface area contributed by atoms with Gasteiger partial charge in [0.15, 0.2) is 0 Å². The number of nitrogens with one attached hydrogen (secondary N) is 1. The van der Waals surface area contributed by atoms with E-state index >= 15 is 0 Å². The summed E-state index contributed by atoms with van der Waals surface area (Å²) in [7, 11) is 1.55. The molecule has 0 saturated carbocycles. The number of carbonyl (C=O) groups excluding carboxylic acids is 2. The summed E-state index contributed by atoms with van der Waals surface area (Å²) in [4.78, 5) is 29.8. The molecule has 3 aromatic rings. The van der Waals surface area contributed by atoms with E-state index in [0.29, 0.717) is 29.5 Å². The maximum Gasteiger partial charge on any atom is 0.265 e. The number of aromatic nitrogens is 2. The highest BCUT2D eigenvalue weighted by molar-refractivity contribution is 6.01. The van der Waals surface area contributed by atoms with Crippen LogP contribution in [0, 0.1) is 17.2 Å². The Balaban J connectivity index is 2.02. The van der Waals surface area contributed by atoms with Gasteiger partial charge in [-0.05, 0) is 42.2 Å². The van der Waals surface area contributed by atoms with Gasteiger partial charge in [-0.1, -0.05) is 26.0 Å². The average molecular weight is 434 g/mol. The third-order valence-electron chi connectivity index (χ3n) is 5.26. The maximum atomic E-state index is 13.4. The normalized spacial score (nSPS) is 12.8. The molecule has 3 rings (SSSR count). The van der Waals surface area contributed by atoms with Gasteiger partial charge >= 0.3 is 0 Å². The lowest BCUT2D eigenvalue weighted by molar-refractivity contribution is -0.125. The number of methoxy groups -OCH3 is 1. The zero-order chi connectivity index (χ0) is 23.3. The molecule has 0 aliphatic heterocycles. The molecule has 2 heterocycles. The number of nitriles is 1. The van der Waals surface area contributed by atoms with Crippen molar-refractivity contribution in [2.75, 3.05) is 7.11 Å². The zero-order valence-corrected chi connectivity index (χ0v) is 18.4. The number of primary amides is 1. The van der Waals surface area contributed by atoms with Crippen LogP contribution in [0.1, 0.15) is 42.4 Å². The fraction of sp³-hybridized carbons (Fsp3) is 0.333. The fourth-order valence-electron chi connectivity index (χ4n) is 3.85. The average Bonchev–Trinajstić information content (AvgIpc) is 3.17. The maximum absolute atomic E-state index is 13.4. The molecule has 0 spiro atoms. The van der Waals surface area contributed by atoms with Crippen LogP contribution in [-0.2, 0) is 11.2 Å². The first-order valence-corrected chi connectivity index (χ1v) is 10.4. The number of rotatable bonds is 9. The van der Waals surface area contributed by atoms with Crippen LogP contribution in [-0.4, -0.2) is 34.5 Å². The summed E-state index contributed by atoms with van der Waals surface area (Å²) in [5.74, 6) is -0.263. The number of nitrogens with two attached hydrogens (primary N) is 1. The second-order valence-corrected chi connectivity index (χ2v) is 8.06. The largest absolute Gasteiger partial charge is 0.496 e. The van der Waals surface area contributed by atoms with Gasteiger partial charge in [0.25, 0.3) is 5.91 Å². The van der Waals surface area contributed by atoms with E-state index in [9.17, 15) is 14.9 Å². The number of benzene rings is 1. The number of hydrogen-bond acceptors (Lipinski definition) is 5. The summed E-state index contributed by atoms with van der Waals surface area (Å²) in [6.07, 6.45) is 4.10. The molecule has 0 radical (unpaired) electrons. The summed E-state index contributed by atoms with van der Waals surface area (Å²) >= 11 is 0. The summed E-state index contributed by atoms with van der Waals surface area (Å²) in [5.41, 5.74) is 7.40. The van der Waals surface area contributed by atoms with Crippen LogP contribution in [0.15, 0.2) is 48.8 Å². The molecule has 3 N–H and O–H groups in total. The summed E-state index contributed by atoms with van der Waals surface area (Å²) < 4.78 is 7.09. The van der Waals surface area contributed by atoms with Crippen LogP contribution in [0.5, 0.6) is 5.75 Å². The smallest absolute Gasteiger partial charge is 0.265 e. The minimum atomic E-state index is -0.741. The van der Waals surface area contributed by atoms with E-state index in [1.807, 2.05) is 26.0 Å². The van der Waals surface area contributed by atoms with Gasteiger partial charge in [-0.3, -0.25) is 14.6 Å². The number of nitrogens with zero attached hydrogens (tertiary/aromatic N) is 3. The van der Waals surface area contributed by atoms with Gasteiger partial charge in [0.1, 0.15) is 23.5 Å². The van der Waals surface area contributed by atoms with E-state index in [4.69, 9.17) is 10.5 Å². The minimum Gasteiger partial charge on any atom is -0.496 e. The summed E-state index contributed by atoms with van der Waals surface area (Å²) in [6, 6.07) is 11.4. The first-order chi connectivity index (χ1) is 15.3. The number of carbonyl (C=O) groups is 2. The van der Waals surface area contributed by atoms with Gasteiger partial charge in [0, 0.05) is 24.2 Å². The molecule has 0 saturated heterocycles. The van der Waals surface area contributed by atoms with E-state index in [1.54, 1.807) is 48.3 Å². The zero-order valence-electron chi connectivity index (χ0n) is 18.4. The molecular formula is C24H27N5O3. The van der Waals surface area contributed by atoms with Gasteiger partial charge in [0.05, 0.1) is 18.7 Å². The van der Waals surface area contributed by atoms with Crippen LogP contribution in [0.2, 0.25) is 0 Å². The van der Waals surface area contributed by atoms with Crippen molar-refractivity contribution < 1.29 is 14.3 Å². The molecule has 32 heavy (non-hydrogen) atoms. The molecular weight excluding hydrogens is 406 g/mol. The number of ether oxygens (including phenoxy) is 1. The van der Waals surface area contributed by atoms with Crippen LogP contribution in [0.4, 0.5) is 0 Å². The number of amides is 2. The van der Waals surface area contributed by atoms with Crippen molar-refractivity contribution in [2.24, 2.45) is 11.7 Å². The highest BCUT2D eigenvalue weighted by atomic mass is 16.5. The lowest BCUT2D eigenvalue weighted by atomic mass is 10.0. The summed E-state index contributed by atoms with van der Waals surface area (Å²) in [6.45, 7) is 3.99. The van der Waals surface area contributed by atoms with E-state index < -0.39 is 18.0 Å². The SMILES string of the molecule is COc1cccc2c1cc(C(N)=O)n2[C@@H](CC(C)C)C(=O)N[C@H](C#N)Cc1cccnc1. The Labute approximate surface area is 187 Å². The van der Waals surface area contributed by atoms with Crippen molar-refractivity contribution in [3.05, 3.63) is 60.0 Å². The van der Waals surface area contributed by atoms with E-state index in [0.717, 1.165) is 5.56 Å². The van der Waals surface area contributed by atoms with Crippen LogP contribution < -0.4 is 15.8 Å². The van der Waals surface area contributed by atoms with E-state index in [2.05, 4.69) is 16.4 Å². The van der Waals surface area contributed by atoms with Crippen molar-refractivity contribution in [1.82, 2.24) is 14.9 Å². The molecule has 0 bridgehead atoms. The van der Waals surface area contributed by atoms with E-state index in [-0.39, 0.29) is 17.5 Å². The predicted molar refractivity (Wildman–Crippen MR) is 121 cm³/mol. The molecule has 0 aliphatic rings.